The molecule has 0 aromatic heterocycles. The molecule has 3 N–H and O–H groups in total. The lowest BCUT2D eigenvalue weighted by Crippen LogP contribution is -2.16. The third kappa shape index (κ3) is 4.17. The van der Waals surface area contributed by atoms with E-state index < -0.39 is 11.6 Å². The fraction of sp³-hybridized carbons (Fsp3) is 0.133. The van der Waals surface area contributed by atoms with Crippen LogP contribution in [0, 0.1) is 11.6 Å². The number of hydrogen-bond acceptors (Lipinski definition) is 3. The van der Waals surface area contributed by atoms with Crippen molar-refractivity contribution in [3.05, 3.63) is 54.1 Å². The van der Waals surface area contributed by atoms with Crippen LogP contribution in [0.3, 0.4) is 0 Å². The van der Waals surface area contributed by atoms with Crippen LogP contribution in [-0.4, -0.2) is 12.5 Å². The lowest BCUT2D eigenvalue weighted by molar-refractivity contribution is -0.116. The highest BCUT2D eigenvalue weighted by atomic mass is 19.2. The third-order valence-electron chi connectivity index (χ3n) is 2.72. The van der Waals surface area contributed by atoms with Gasteiger partial charge in [-0.15, -0.1) is 0 Å². The van der Waals surface area contributed by atoms with Crippen molar-refractivity contribution in [2.45, 2.75) is 6.42 Å². The van der Waals surface area contributed by atoms with E-state index >= 15 is 0 Å². The Morgan fingerprint density at radius 2 is 1.90 bits per heavy atom. The fourth-order valence-electron chi connectivity index (χ4n) is 1.65. The van der Waals surface area contributed by atoms with Crippen molar-refractivity contribution >= 4 is 17.3 Å². The van der Waals surface area contributed by atoms with Crippen LogP contribution in [0.5, 0.6) is 5.75 Å². The maximum absolute atomic E-state index is 12.9. The van der Waals surface area contributed by atoms with Crippen molar-refractivity contribution in [3.8, 4) is 5.75 Å². The molecule has 0 aliphatic heterocycles. The third-order valence-corrected chi connectivity index (χ3v) is 2.72. The molecule has 1 amide bonds. The zero-order chi connectivity index (χ0) is 15.2. The van der Waals surface area contributed by atoms with Gasteiger partial charge in [0, 0.05) is 6.07 Å². The average molecular weight is 292 g/mol. The van der Waals surface area contributed by atoms with Crippen LogP contribution in [0.2, 0.25) is 0 Å². The summed E-state index contributed by atoms with van der Waals surface area (Å²) in [5.41, 5.74) is 6.68. The van der Waals surface area contributed by atoms with E-state index in [-0.39, 0.29) is 24.7 Å². The van der Waals surface area contributed by atoms with Crippen molar-refractivity contribution in [2.24, 2.45) is 0 Å². The van der Waals surface area contributed by atoms with Crippen molar-refractivity contribution in [3.63, 3.8) is 0 Å². The molecule has 0 aliphatic rings. The van der Waals surface area contributed by atoms with E-state index in [4.69, 9.17) is 10.5 Å². The summed E-state index contributed by atoms with van der Waals surface area (Å²) in [5.74, 6) is -2.05. The number of benzene rings is 2. The maximum Gasteiger partial charge on any atom is 0.227 e. The molecule has 0 saturated heterocycles. The van der Waals surface area contributed by atoms with E-state index in [9.17, 15) is 13.6 Å². The number of ether oxygens (including phenoxy) is 1. The van der Waals surface area contributed by atoms with Gasteiger partial charge in [-0.05, 0) is 24.3 Å². The van der Waals surface area contributed by atoms with Crippen LogP contribution in [-0.2, 0) is 4.79 Å². The molecule has 6 heteroatoms. The van der Waals surface area contributed by atoms with Crippen LogP contribution in [0.4, 0.5) is 20.2 Å². The summed E-state index contributed by atoms with van der Waals surface area (Å²) in [5, 5.41) is 2.64. The van der Waals surface area contributed by atoms with Gasteiger partial charge in [-0.25, -0.2) is 8.78 Å². The van der Waals surface area contributed by atoms with Gasteiger partial charge in [-0.2, -0.15) is 0 Å². The molecule has 21 heavy (non-hydrogen) atoms. The molecule has 0 atom stereocenters. The Labute approximate surface area is 120 Å². The van der Waals surface area contributed by atoms with E-state index in [2.05, 4.69) is 5.32 Å². The average Bonchev–Trinajstić information content (AvgIpc) is 2.45. The van der Waals surface area contributed by atoms with Crippen molar-refractivity contribution in [2.75, 3.05) is 17.7 Å². The van der Waals surface area contributed by atoms with Gasteiger partial charge in [0.2, 0.25) is 5.91 Å². The minimum absolute atomic E-state index is 0.0453. The van der Waals surface area contributed by atoms with Crippen LogP contribution < -0.4 is 15.8 Å². The molecule has 4 nitrogen and oxygen atoms in total. The summed E-state index contributed by atoms with van der Waals surface area (Å²) in [7, 11) is 0. The van der Waals surface area contributed by atoms with E-state index in [1.165, 1.54) is 6.07 Å². The zero-order valence-corrected chi connectivity index (χ0v) is 11.1. The summed E-state index contributed by atoms with van der Waals surface area (Å²) >= 11 is 0. The van der Waals surface area contributed by atoms with Gasteiger partial charge in [0.25, 0.3) is 0 Å². The molecule has 0 heterocycles. The molecular formula is C15H14F2N2O2. The van der Waals surface area contributed by atoms with Crippen LogP contribution in [0.25, 0.3) is 0 Å². The molecule has 0 fully saturated rings. The highest BCUT2D eigenvalue weighted by Crippen LogP contribution is 2.17. The number of hydrogen-bond donors (Lipinski definition) is 2. The summed E-state index contributed by atoms with van der Waals surface area (Å²) in [6, 6.07) is 10.1. The number of carbonyl (C=O) groups excluding carboxylic acids is 1. The second kappa shape index (κ2) is 6.69. The Kier molecular flexibility index (Phi) is 4.71. The number of nitrogen functional groups attached to an aromatic ring is 1. The SMILES string of the molecule is Nc1ccccc1NC(=O)CCOc1ccc(F)c(F)c1. The Morgan fingerprint density at radius 1 is 1.14 bits per heavy atom. The first-order valence-corrected chi connectivity index (χ1v) is 6.28. The van der Waals surface area contributed by atoms with E-state index in [1.807, 2.05) is 0 Å². The Balaban J connectivity index is 1.82. The predicted molar refractivity (Wildman–Crippen MR) is 76.0 cm³/mol. The first-order valence-electron chi connectivity index (χ1n) is 6.28. The van der Waals surface area contributed by atoms with Crippen LogP contribution in [0.1, 0.15) is 6.42 Å². The number of amides is 1. The lowest BCUT2D eigenvalue weighted by Gasteiger charge is -2.09. The van der Waals surface area contributed by atoms with Gasteiger partial charge in [-0.1, -0.05) is 12.1 Å². The van der Waals surface area contributed by atoms with E-state index in [0.29, 0.717) is 11.4 Å². The molecule has 0 aliphatic carbocycles. The molecule has 2 aromatic rings. The molecule has 0 unspecified atom stereocenters. The Hall–Kier alpha value is -2.63. The number of anilines is 2. The minimum atomic E-state index is -0.992. The van der Waals surface area contributed by atoms with E-state index in [0.717, 1.165) is 12.1 Å². The highest BCUT2D eigenvalue weighted by molar-refractivity contribution is 5.93. The maximum atomic E-state index is 12.9. The molecule has 0 saturated carbocycles. The lowest BCUT2D eigenvalue weighted by atomic mass is 10.2. The summed E-state index contributed by atoms with van der Waals surface area (Å²) in [6.45, 7) is 0.0453. The van der Waals surface area contributed by atoms with Gasteiger partial charge in [0.1, 0.15) is 5.75 Å². The second-order valence-electron chi connectivity index (χ2n) is 4.31. The largest absolute Gasteiger partial charge is 0.493 e. The number of para-hydroxylation sites is 2. The van der Waals surface area contributed by atoms with Gasteiger partial charge >= 0.3 is 0 Å². The molecule has 0 radical (unpaired) electrons. The van der Waals surface area contributed by atoms with Gasteiger partial charge in [0.15, 0.2) is 11.6 Å². The molecule has 0 bridgehead atoms. The highest BCUT2D eigenvalue weighted by Gasteiger charge is 2.06. The predicted octanol–water partition coefficient (Wildman–Crippen LogP) is 2.95. The minimum Gasteiger partial charge on any atom is -0.493 e. The van der Waals surface area contributed by atoms with Crippen LogP contribution in [0.15, 0.2) is 42.5 Å². The van der Waals surface area contributed by atoms with Gasteiger partial charge in [-0.3, -0.25) is 4.79 Å². The number of rotatable bonds is 5. The normalized spacial score (nSPS) is 10.2. The van der Waals surface area contributed by atoms with Crippen molar-refractivity contribution in [1.82, 2.24) is 0 Å². The molecule has 2 aromatic carbocycles. The number of halogens is 2. The Bertz CT molecular complexity index is 647. The Morgan fingerprint density at radius 3 is 2.62 bits per heavy atom. The van der Waals surface area contributed by atoms with Crippen molar-refractivity contribution in [1.29, 1.82) is 0 Å². The first kappa shape index (κ1) is 14.8. The standard InChI is InChI=1S/C15H14F2N2O2/c16-11-6-5-10(9-12(11)17)21-8-7-15(20)19-14-4-2-1-3-13(14)18/h1-6,9H,7-8,18H2,(H,19,20). The zero-order valence-electron chi connectivity index (χ0n) is 11.1. The number of nitrogens with two attached hydrogens (primary N) is 1. The molecule has 0 spiro atoms. The van der Waals surface area contributed by atoms with Crippen molar-refractivity contribution < 1.29 is 18.3 Å². The topological polar surface area (TPSA) is 64.3 Å². The monoisotopic (exact) mass is 292 g/mol. The summed E-state index contributed by atoms with van der Waals surface area (Å²) in [6.07, 6.45) is 0.0628. The number of nitrogens with one attached hydrogen (secondary N) is 1. The van der Waals surface area contributed by atoms with Gasteiger partial charge < -0.3 is 15.8 Å². The van der Waals surface area contributed by atoms with Crippen LogP contribution >= 0.6 is 0 Å². The van der Waals surface area contributed by atoms with Gasteiger partial charge in [0.05, 0.1) is 24.4 Å². The molecule has 2 rings (SSSR count). The summed E-state index contributed by atoms with van der Waals surface area (Å²) < 4.78 is 30.9. The number of carbonyl (C=O) groups is 1. The molecular weight excluding hydrogens is 278 g/mol. The molecule has 110 valence electrons. The second-order valence-corrected chi connectivity index (χ2v) is 4.31. The summed E-state index contributed by atoms with van der Waals surface area (Å²) in [4.78, 5) is 11.7. The smallest absolute Gasteiger partial charge is 0.227 e. The first-order chi connectivity index (χ1) is 10.1. The fourth-order valence-corrected chi connectivity index (χ4v) is 1.65. The quantitative estimate of drug-likeness (QED) is 0.833. The van der Waals surface area contributed by atoms with E-state index in [1.54, 1.807) is 24.3 Å².